The Balaban J connectivity index is 1.77. The number of benzene rings is 1. The zero-order valence-corrected chi connectivity index (χ0v) is 12.4. The number of hydrogen-bond donors (Lipinski definition) is 2. The first-order valence-corrected chi connectivity index (χ1v) is 7.36. The molecule has 3 rings (SSSR count). The van der Waals surface area contributed by atoms with Gasteiger partial charge in [0.2, 0.25) is 5.91 Å². The molecule has 106 valence electrons. The molecule has 2 aromatic heterocycles. The largest absolute Gasteiger partial charge is 0.379 e. The third-order valence-electron chi connectivity index (χ3n) is 2.85. The molecule has 0 unspecified atom stereocenters. The highest BCUT2D eigenvalue weighted by Crippen LogP contribution is 2.23. The molecular weight excluding hydrogens is 308 g/mol. The lowest BCUT2D eigenvalue weighted by atomic mass is 10.2. The fraction of sp³-hybridized carbons (Fsp3) is 0.0714. The zero-order valence-electron chi connectivity index (χ0n) is 10.8. The molecule has 2 heterocycles. The van der Waals surface area contributed by atoms with E-state index in [4.69, 9.17) is 17.3 Å². The van der Waals surface area contributed by atoms with E-state index in [0.29, 0.717) is 17.1 Å². The molecule has 0 bridgehead atoms. The minimum Gasteiger partial charge on any atom is -0.379 e. The molecule has 0 radical (unpaired) electrons. The van der Waals surface area contributed by atoms with Gasteiger partial charge in [-0.25, -0.2) is 9.97 Å². The van der Waals surface area contributed by atoms with Crippen molar-refractivity contribution in [2.45, 2.75) is 6.54 Å². The summed E-state index contributed by atoms with van der Waals surface area (Å²) in [4.78, 5) is 20.7. The Bertz CT molecular complexity index is 818. The van der Waals surface area contributed by atoms with Gasteiger partial charge in [0.05, 0.1) is 11.6 Å². The first kappa shape index (κ1) is 13.8. The number of nitrogens with zero attached hydrogens (tertiary/aromatic N) is 2. The van der Waals surface area contributed by atoms with Crippen LogP contribution in [0, 0.1) is 0 Å². The van der Waals surface area contributed by atoms with E-state index in [1.165, 1.54) is 11.3 Å². The minimum atomic E-state index is -0.447. The molecule has 5 nitrogen and oxygen atoms in total. The number of anilines is 1. The van der Waals surface area contributed by atoms with E-state index in [-0.39, 0.29) is 0 Å². The molecule has 3 aromatic rings. The van der Waals surface area contributed by atoms with Gasteiger partial charge in [-0.05, 0) is 24.3 Å². The summed E-state index contributed by atoms with van der Waals surface area (Å²) in [5.74, 6) is -0.447. The van der Waals surface area contributed by atoms with Crippen molar-refractivity contribution < 1.29 is 4.79 Å². The normalized spacial score (nSPS) is 10.7. The summed E-state index contributed by atoms with van der Waals surface area (Å²) in [5.41, 5.74) is 7.33. The highest BCUT2D eigenvalue weighted by atomic mass is 35.5. The van der Waals surface area contributed by atoms with Gasteiger partial charge in [0, 0.05) is 17.4 Å². The molecule has 0 aliphatic carbocycles. The van der Waals surface area contributed by atoms with Gasteiger partial charge < -0.3 is 11.1 Å². The molecule has 1 amide bonds. The van der Waals surface area contributed by atoms with Crippen molar-refractivity contribution in [3.05, 3.63) is 52.1 Å². The molecule has 7 heteroatoms. The smallest absolute Gasteiger partial charge is 0.248 e. The van der Waals surface area contributed by atoms with Crippen LogP contribution in [-0.2, 0) is 6.54 Å². The van der Waals surface area contributed by atoms with E-state index in [0.717, 1.165) is 21.0 Å². The summed E-state index contributed by atoms with van der Waals surface area (Å²) in [6, 6.07) is 8.83. The Kier molecular flexibility index (Phi) is 3.72. The van der Waals surface area contributed by atoms with Crippen molar-refractivity contribution in [1.82, 2.24) is 9.97 Å². The Morgan fingerprint density at radius 2 is 2.24 bits per heavy atom. The lowest BCUT2D eigenvalue weighted by Crippen LogP contribution is -2.11. The van der Waals surface area contributed by atoms with Gasteiger partial charge in [0.15, 0.2) is 0 Å². The number of rotatable bonds is 4. The monoisotopic (exact) mass is 318 g/mol. The van der Waals surface area contributed by atoms with E-state index in [1.54, 1.807) is 30.5 Å². The lowest BCUT2D eigenvalue weighted by Gasteiger charge is -2.05. The van der Waals surface area contributed by atoms with Crippen molar-refractivity contribution in [1.29, 1.82) is 0 Å². The molecule has 0 fully saturated rings. The summed E-state index contributed by atoms with van der Waals surface area (Å²) < 4.78 is 0. The quantitative estimate of drug-likeness (QED) is 0.774. The van der Waals surface area contributed by atoms with Gasteiger partial charge in [0.25, 0.3) is 0 Å². The minimum absolute atomic E-state index is 0.447. The van der Waals surface area contributed by atoms with Crippen LogP contribution in [0.2, 0.25) is 5.02 Å². The zero-order chi connectivity index (χ0) is 14.8. The van der Waals surface area contributed by atoms with Crippen LogP contribution in [0.25, 0.3) is 10.3 Å². The number of fused-ring (bicyclic) bond motifs is 1. The lowest BCUT2D eigenvalue weighted by molar-refractivity contribution is 0.100. The third-order valence-corrected chi connectivity index (χ3v) is 4.04. The van der Waals surface area contributed by atoms with Crippen molar-refractivity contribution in [2.75, 3.05) is 5.32 Å². The SMILES string of the molecule is NC(=O)c1cccc(NCc2nc3cc(Cl)cnc3s2)c1. The maximum absolute atomic E-state index is 11.1. The molecule has 0 spiro atoms. The fourth-order valence-corrected chi connectivity index (χ4v) is 2.86. The third kappa shape index (κ3) is 3.12. The van der Waals surface area contributed by atoms with Crippen LogP contribution in [0.3, 0.4) is 0 Å². The predicted molar refractivity (Wildman–Crippen MR) is 84.7 cm³/mol. The van der Waals surface area contributed by atoms with Gasteiger partial charge >= 0.3 is 0 Å². The highest BCUT2D eigenvalue weighted by molar-refractivity contribution is 7.18. The molecule has 0 aliphatic heterocycles. The van der Waals surface area contributed by atoms with Gasteiger partial charge in [-0.3, -0.25) is 4.79 Å². The standard InChI is InChI=1S/C14H11ClN4OS/c15-9-5-11-14(18-6-9)21-12(19-11)7-17-10-3-1-2-8(4-10)13(16)20/h1-6,17H,7H2,(H2,16,20). The number of amides is 1. The van der Waals surface area contributed by atoms with Crippen LogP contribution in [-0.4, -0.2) is 15.9 Å². The van der Waals surface area contributed by atoms with Crippen molar-refractivity contribution in [3.8, 4) is 0 Å². The molecular formula is C14H11ClN4OS. The summed E-state index contributed by atoms with van der Waals surface area (Å²) >= 11 is 7.39. The van der Waals surface area contributed by atoms with Gasteiger partial charge in [-0.2, -0.15) is 0 Å². The number of thiazole rings is 1. The van der Waals surface area contributed by atoms with Crippen LogP contribution >= 0.6 is 22.9 Å². The first-order chi connectivity index (χ1) is 10.1. The molecule has 0 saturated heterocycles. The topological polar surface area (TPSA) is 80.9 Å². The molecule has 21 heavy (non-hydrogen) atoms. The van der Waals surface area contributed by atoms with E-state index in [1.807, 2.05) is 6.07 Å². The second-order valence-electron chi connectivity index (χ2n) is 4.38. The van der Waals surface area contributed by atoms with Crippen LogP contribution in [0.4, 0.5) is 5.69 Å². The van der Waals surface area contributed by atoms with Gasteiger partial charge in [-0.1, -0.05) is 29.0 Å². The number of carbonyl (C=O) groups excluding carboxylic acids is 1. The molecule has 0 saturated carbocycles. The van der Waals surface area contributed by atoms with Gasteiger partial charge in [0.1, 0.15) is 15.4 Å². The summed E-state index contributed by atoms with van der Waals surface area (Å²) in [6.07, 6.45) is 1.61. The van der Waals surface area contributed by atoms with Crippen LogP contribution in [0.5, 0.6) is 0 Å². The number of nitrogens with one attached hydrogen (secondary N) is 1. The number of pyridine rings is 1. The number of primary amides is 1. The summed E-state index contributed by atoms with van der Waals surface area (Å²) in [7, 11) is 0. The van der Waals surface area contributed by atoms with Crippen LogP contribution < -0.4 is 11.1 Å². The van der Waals surface area contributed by atoms with E-state index in [2.05, 4.69) is 15.3 Å². The first-order valence-electron chi connectivity index (χ1n) is 6.16. The average Bonchev–Trinajstić information content (AvgIpc) is 2.87. The number of aromatic nitrogens is 2. The Labute approximate surface area is 129 Å². The van der Waals surface area contributed by atoms with Crippen molar-refractivity contribution >= 4 is 44.9 Å². The molecule has 0 aliphatic rings. The summed E-state index contributed by atoms with van der Waals surface area (Å²) in [5, 5.41) is 4.67. The summed E-state index contributed by atoms with van der Waals surface area (Å²) in [6.45, 7) is 0.543. The molecule has 3 N–H and O–H groups in total. The second-order valence-corrected chi connectivity index (χ2v) is 5.88. The van der Waals surface area contributed by atoms with E-state index < -0.39 is 5.91 Å². The maximum atomic E-state index is 11.1. The Hall–Kier alpha value is -2.18. The van der Waals surface area contributed by atoms with Crippen LogP contribution in [0.1, 0.15) is 15.4 Å². The Morgan fingerprint density at radius 1 is 1.38 bits per heavy atom. The number of hydrogen-bond acceptors (Lipinski definition) is 5. The number of halogens is 1. The predicted octanol–water partition coefficient (Wildman–Crippen LogP) is 3.06. The second kappa shape index (κ2) is 5.67. The molecule has 0 atom stereocenters. The van der Waals surface area contributed by atoms with E-state index >= 15 is 0 Å². The van der Waals surface area contributed by atoms with E-state index in [9.17, 15) is 4.79 Å². The Morgan fingerprint density at radius 3 is 3.05 bits per heavy atom. The van der Waals surface area contributed by atoms with Crippen molar-refractivity contribution in [3.63, 3.8) is 0 Å². The van der Waals surface area contributed by atoms with Crippen LogP contribution in [0.15, 0.2) is 36.5 Å². The average molecular weight is 319 g/mol. The number of carbonyl (C=O) groups is 1. The fourth-order valence-electron chi connectivity index (χ4n) is 1.88. The maximum Gasteiger partial charge on any atom is 0.248 e. The van der Waals surface area contributed by atoms with Gasteiger partial charge in [-0.15, -0.1) is 0 Å². The highest BCUT2D eigenvalue weighted by Gasteiger charge is 2.06. The number of nitrogens with two attached hydrogens (primary N) is 1. The van der Waals surface area contributed by atoms with Crippen molar-refractivity contribution in [2.24, 2.45) is 5.73 Å². The molecule has 1 aromatic carbocycles.